The van der Waals surface area contributed by atoms with Crippen molar-refractivity contribution in [3.63, 3.8) is 0 Å². The molecule has 0 aliphatic rings. The van der Waals surface area contributed by atoms with Crippen molar-refractivity contribution in [1.82, 2.24) is 9.97 Å². The summed E-state index contributed by atoms with van der Waals surface area (Å²) in [6, 6.07) is 11.9. The van der Waals surface area contributed by atoms with Crippen molar-refractivity contribution < 1.29 is 4.79 Å². The first-order valence-corrected chi connectivity index (χ1v) is 6.07. The number of rotatable bonds is 6. The van der Waals surface area contributed by atoms with Gasteiger partial charge in [-0.15, -0.1) is 0 Å². The third-order valence-electron chi connectivity index (χ3n) is 2.50. The Labute approximate surface area is 112 Å². The summed E-state index contributed by atoms with van der Waals surface area (Å²) in [4.78, 5) is 19.1. The molecule has 1 aromatic heterocycles. The van der Waals surface area contributed by atoms with Gasteiger partial charge in [-0.05, 0) is 12.5 Å². The zero-order valence-electron chi connectivity index (χ0n) is 10.8. The predicted molar refractivity (Wildman–Crippen MR) is 75.0 cm³/mol. The molecule has 98 valence electrons. The van der Waals surface area contributed by atoms with E-state index in [0.29, 0.717) is 12.4 Å². The van der Waals surface area contributed by atoms with Gasteiger partial charge in [0.05, 0.1) is 6.54 Å². The highest BCUT2D eigenvalue weighted by Gasteiger charge is 1.99. The van der Waals surface area contributed by atoms with Crippen LogP contribution >= 0.6 is 0 Å². The van der Waals surface area contributed by atoms with Crippen molar-refractivity contribution in [2.24, 2.45) is 0 Å². The molecule has 0 bridgehead atoms. The third kappa shape index (κ3) is 4.39. The zero-order chi connectivity index (χ0) is 13.5. The SMILES string of the molecule is CC(=O)CNc1cc(NCc2ccccc2)ncn1. The summed E-state index contributed by atoms with van der Waals surface area (Å²) in [7, 11) is 0. The number of ketones is 1. The van der Waals surface area contributed by atoms with E-state index in [1.165, 1.54) is 18.8 Å². The summed E-state index contributed by atoms with van der Waals surface area (Å²) in [6.45, 7) is 2.50. The van der Waals surface area contributed by atoms with Gasteiger partial charge in [-0.3, -0.25) is 4.79 Å². The number of hydrogen-bond acceptors (Lipinski definition) is 5. The molecule has 19 heavy (non-hydrogen) atoms. The monoisotopic (exact) mass is 256 g/mol. The Hall–Kier alpha value is -2.43. The average Bonchev–Trinajstić information content (AvgIpc) is 2.44. The molecule has 0 fully saturated rings. The lowest BCUT2D eigenvalue weighted by Crippen LogP contribution is -2.11. The van der Waals surface area contributed by atoms with Crippen molar-refractivity contribution in [2.75, 3.05) is 17.2 Å². The molecule has 2 aromatic rings. The number of carbonyl (C=O) groups is 1. The summed E-state index contributed by atoms with van der Waals surface area (Å²) in [5.74, 6) is 1.43. The Bertz CT molecular complexity index is 542. The van der Waals surface area contributed by atoms with Crippen LogP contribution in [0.25, 0.3) is 0 Å². The summed E-state index contributed by atoms with van der Waals surface area (Å²) in [6.07, 6.45) is 1.47. The molecule has 0 saturated heterocycles. The lowest BCUT2D eigenvalue weighted by atomic mass is 10.2. The van der Waals surface area contributed by atoms with Crippen LogP contribution in [0.5, 0.6) is 0 Å². The Morgan fingerprint density at radius 3 is 2.47 bits per heavy atom. The van der Waals surface area contributed by atoms with Gasteiger partial charge in [0.2, 0.25) is 0 Å². The molecule has 0 saturated carbocycles. The van der Waals surface area contributed by atoms with Gasteiger partial charge in [0.25, 0.3) is 0 Å². The molecule has 0 radical (unpaired) electrons. The Balaban J connectivity index is 1.93. The van der Waals surface area contributed by atoms with Crippen molar-refractivity contribution in [1.29, 1.82) is 0 Å². The maximum atomic E-state index is 10.9. The van der Waals surface area contributed by atoms with Gasteiger partial charge in [-0.25, -0.2) is 9.97 Å². The smallest absolute Gasteiger partial charge is 0.148 e. The number of Topliss-reactive ketones (excluding diaryl/α,β-unsaturated/α-hetero) is 1. The van der Waals surface area contributed by atoms with Crippen LogP contribution in [0, 0.1) is 0 Å². The molecule has 0 aliphatic heterocycles. The van der Waals surface area contributed by atoms with Crippen molar-refractivity contribution >= 4 is 17.4 Å². The minimum atomic E-state index is 0.0670. The third-order valence-corrected chi connectivity index (χ3v) is 2.50. The Kier molecular flexibility index (Phi) is 4.44. The van der Waals surface area contributed by atoms with Gasteiger partial charge >= 0.3 is 0 Å². The van der Waals surface area contributed by atoms with Gasteiger partial charge < -0.3 is 10.6 Å². The van der Waals surface area contributed by atoms with E-state index in [0.717, 1.165) is 5.82 Å². The standard InChI is InChI=1S/C14H16N4O/c1-11(19)8-15-13-7-14(18-10-17-13)16-9-12-5-3-2-4-6-12/h2-7,10H,8-9H2,1H3,(H2,15,16,17,18). The van der Waals surface area contributed by atoms with Crippen molar-refractivity contribution in [2.45, 2.75) is 13.5 Å². The summed E-state index contributed by atoms with van der Waals surface area (Å²) in [5.41, 5.74) is 1.18. The van der Waals surface area contributed by atoms with Crippen molar-refractivity contribution in [3.05, 3.63) is 48.3 Å². The molecule has 2 N–H and O–H groups in total. The van der Waals surface area contributed by atoms with Crippen LogP contribution in [0.15, 0.2) is 42.7 Å². The van der Waals surface area contributed by atoms with Crippen molar-refractivity contribution in [3.8, 4) is 0 Å². The Morgan fingerprint density at radius 1 is 1.11 bits per heavy atom. The Morgan fingerprint density at radius 2 is 1.79 bits per heavy atom. The van der Waals surface area contributed by atoms with E-state index in [4.69, 9.17) is 0 Å². The minimum Gasteiger partial charge on any atom is -0.366 e. The van der Waals surface area contributed by atoms with E-state index < -0.39 is 0 Å². The fourth-order valence-corrected chi connectivity index (χ4v) is 1.55. The topological polar surface area (TPSA) is 66.9 Å². The number of benzene rings is 1. The average molecular weight is 256 g/mol. The summed E-state index contributed by atoms with van der Waals surface area (Å²) >= 11 is 0. The molecular weight excluding hydrogens is 240 g/mol. The van der Waals surface area contributed by atoms with Crippen LogP contribution < -0.4 is 10.6 Å². The number of carbonyl (C=O) groups excluding carboxylic acids is 1. The van der Waals surface area contributed by atoms with E-state index in [1.54, 1.807) is 6.07 Å². The molecule has 0 aliphatic carbocycles. The van der Waals surface area contributed by atoms with Crippen LogP contribution in [0.4, 0.5) is 11.6 Å². The highest BCUT2D eigenvalue weighted by Crippen LogP contribution is 2.10. The van der Waals surface area contributed by atoms with Crippen LogP contribution in [-0.2, 0) is 11.3 Å². The second-order valence-electron chi connectivity index (χ2n) is 4.18. The fourth-order valence-electron chi connectivity index (χ4n) is 1.55. The van der Waals surface area contributed by atoms with E-state index in [1.807, 2.05) is 30.3 Å². The fraction of sp³-hybridized carbons (Fsp3) is 0.214. The summed E-state index contributed by atoms with van der Waals surface area (Å²) < 4.78 is 0. The maximum Gasteiger partial charge on any atom is 0.148 e. The molecule has 1 aromatic carbocycles. The first-order chi connectivity index (χ1) is 9.24. The molecule has 2 rings (SSSR count). The second-order valence-corrected chi connectivity index (χ2v) is 4.18. The first-order valence-electron chi connectivity index (χ1n) is 6.07. The van der Waals surface area contributed by atoms with E-state index >= 15 is 0 Å². The van der Waals surface area contributed by atoms with Crippen LogP contribution in [0.3, 0.4) is 0 Å². The molecule has 5 nitrogen and oxygen atoms in total. The molecule has 0 spiro atoms. The second kappa shape index (κ2) is 6.49. The van der Waals surface area contributed by atoms with Gasteiger partial charge in [-0.2, -0.15) is 0 Å². The quantitative estimate of drug-likeness (QED) is 0.828. The number of aromatic nitrogens is 2. The summed E-state index contributed by atoms with van der Waals surface area (Å²) in [5, 5.41) is 6.15. The van der Waals surface area contributed by atoms with Crippen LogP contribution in [0.2, 0.25) is 0 Å². The highest BCUT2D eigenvalue weighted by molar-refractivity contribution is 5.80. The minimum absolute atomic E-state index is 0.0670. The van der Waals surface area contributed by atoms with Gasteiger partial charge in [0.15, 0.2) is 0 Å². The molecular formula is C14H16N4O. The lowest BCUT2D eigenvalue weighted by Gasteiger charge is -2.07. The maximum absolute atomic E-state index is 10.9. The van der Waals surface area contributed by atoms with E-state index in [2.05, 4.69) is 20.6 Å². The molecule has 0 amide bonds. The normalized spacial score (nSPS) is 9.95. The molecule has 0 atom stereocenters. The van der Waals surface area contributed by atoms with Crippen LogP contribution in [0.1, 0.15) is 12.5 Å². The first kappa shape index (κ1) is 13.0. The van der Waals surface area contributed by atoms with E-state index in [-0.39, 0.29) is 12.3 Å². The molecule has 1 heterocycles. The lowest BCUT2D eigenvalue weighted by molar-refractivity contribution is -0.115. The predicted octanol–water partition coefficient (Wildman–Crippen LogP) is 2.09. The number of nitrogens with zero attached hydrogens (tertiary/aromatic N) is 2. The van der Waals surface area contributed by atoms with E-state index in [9.17, 15) is 4.79 Å². The van der Waals surface area contributed by atoms with Crippen LogP contribution in [-0.4, -0.2) is 22.3 Å². The van der Waals surface area contributed by atoms with Gasteiger partial charge in [-0.1, -0.05) is 30.3 Å². The molecule has 0 unspecified atom stereocenters. The van der Waals surface area contributed by atoms with Gasteiger partial charge in [0, 0.05) is 12.6 Å². The number of nitrogens with one attached hydrogen (secondary N) is 2. The largest absolute Gasteiger partial charge is 0.366 e. The number of anilines is 2. The highest BCUT2D eigenvalue weighted by atomic mass is 16.1. The zero-order valence-corrected chi connectivity index (χ0v) is 10.8. The van der Waals surface area contributed by atoms with Gasteiger partial charge in [0.1, 0.15) is 23.7 Å². The number of hydrogen-bond donors (Lipinski definition) is 2. The molecule has 5 heteroatoms.